The lowest BCUT2D eigenvalue weighted by molar-refractivity contribution is -0.156. The van der Waals surface area contributed by atoms with Crippen LogP contribution in [0.4, 0.5) is 0 Å². The lowest BCUT2D eigenvalue weighted by Crippen LogP contribution is -2.33. The second-order valence-corrected chi connectivity index (χ2v) is 7.30. The number of esters is 1. The van der Waals surface area contributed by atoms with Crippen LogP contribution in [0.25, 0.3) is 11.1 Å². The van der Waals surface area contributed by atoms with E-state index in [0.29, 0.717) is 5.56 Å². The van der Waals surface area contributed by atoms with E-state index in [2.05, 4.69) is 5.32 Å². The largest absolute Gasteiger partial charge is 0.447 e. The first-order valence-electron chi connectivity index (χ1n) is 9.88. The van der Waals surface area contributed by atoms with E-state index in [9.17, 15) is 9.59 Å². The Bertz CT molecular complexity index is 964. The van der Waals surface area contributed by atoms with Crippen molar-refractivity contribution >= 4 is 11.9 Å². The van der Waals surface area contributed by atoms with Crippen LogP contribution in [0, 0.1) is 0 Å². The molecule has 3 aromatic carbocycles. The molecule has 146 valence electrons. The topological polar surface area (TPSA) is 55.4 Å². The zero-order valence-electron chi connectivity index (χ0n) is 16.1. The highest BCUT2D eigenvalue weighted by Gasteiger charge is 2.30. The summed E-state index contributed by atoms with van der Waals surface area (Å²) >= 11 is 0. The van der Waals surface area contributed by atoms with Gasteiger partial charge in [-0.15, -0.1) is 0 Å². The normalized spacial score (nSPS) is 14.1. The molecule has 29 heavy (non-hydrogen) atoms. The van der Waals surface area contributed by atoms with Gasteiger partial charge in [-0.1, -0.05) is 84.9 Å². The summed E-state index contributed by atoms with van der Waals surface area (Å²) in [5, 5.41) is 2.93. The molecule has 0 heterocycles. The summed E-state index contributed by atoms with van der Waals surface area (Å²) in [6.07, 6.45) is 1.16. The molecular weight excluding hydrogens is 362 g/mol. The molecule has 1 aliphatic rings. The molecule has 1 atom stereocenters. The van der Waals surface area contributed by atoms with Crippen molar-refractivity contribution in [2.45, 2.75) is 31.4 Å². The Kier molecular flexibility index (Phi) is 5.71. The van der Waals surface area contributed by atoms with Crippen molar-refractivity contribution in [3.8, 4) is 11.1 Å². The van der Waals surface area contributed by atoms with E-state index in [-0.39, 0.29) is 18.4 Å². The molecular formula is C25H23NO3. The monoisotopic (exact) mass is 385 g/mol. The first kappa shape index (κ1) is 18.9. The molecule has 1 aliphatic carbocycles. The number of benzene rings is 3. The molecule has 0 bridgehead atoms. The number of ether oxygens (including phenoxy) is 1. The van der Waals surface area contributed by atoms with Gasteiger partial charge in [0.2, 0.25) is 6.10 Å². The summed E-state index contributed by atoms with van der Waals surface area (Å²) in [7, 11) is 0. The van der Waals surface area contributed by atoms with Crippen molar-refractivity contribution in [2.75, 3.05) is 0 Å². The van der Waals surface area contributed by atoms with Gasteiger partial charge in [0.1, 0.15) is 0 Å². The van der Waals surface area contributed by atoms with E-state index in [1.54, 1.807) is 12.1 Å². The van der Waals surface area contributed by atoms with Crippen LogP contribution in [0.15, 0.2) is 84.9 Å². The van der Waals surface area contributed by atoms with Gasteiger partial charge in [-0.2, -0.15) is 0 Å². The highest BCUT2D eigenvalue weighted by Crippen LogP contribution is 2.24. The Morgan fingerprint density at radius 2 is 1.41 bits per heavy atom. The summed E-state index contributed by atoms with van der Waals surface area (Å²) < 4.78 is 5.59. The van der Waals surface area contributed by atoms with Crippen LogP contribution in [0.2, 0.25) is 0 Å². The van der Waals surface area contributed by atoms with Crippen LogP contribution < -0.4 is 5.32 Å². The molecule has 0 saturated heterocycles. The third-order valence-corrected chi connectivity index (χ3v) is 4.92. The smallest absolute Gasteiger partial charge is 0.311 e. The van der Waals surface area contributed by atoms with Gasteiger partial charge in [0, 0.05) is 11.6 Å². The van der Waals surface area contributed by atoms with E-state index in [1.807, 2.05) is 72.8 Å². The number of carbonyl (C=O) groups is 2. The fourth-order valence-electron chi connectivity index (χ4n) is 3.19. The van der Waals surface area contributed by atoms with Gasteiger partial charge in [0.25, 0.3) is 5.91 Å². The van der Waals surface area contributed by atoms with Gasteiger partial charge < -0.3 is 10.1 Å². The summed E-state index contributed by atoms with van der Waals surface area (Å²) in [6.45, 7) is 0. The van der Waals surface area contributed by atoms with Crippen LogP contribution in [0.5, 0.6) is 0 Å². The maximum atomic E-state index is 12.6. The molecule has 4 heteroatoms. The zero-order chi connectivity index (χ0) is 20.1. The fraction of sp³-hybridized carbons (Fsp3) is 0.200. The van der Waals surface area contributed by atoms with Crippen molar-refractivity contribution in [3.05, 3.63) is 96.1 Å². The number of hydrogen-bond acceptors (Lipinski definition) is 3. The highest BCUT2D eigenvalue weighted by molar-refractivity contribution is 5.86. The minimum absolute atomic E-state index is 0.120. The number of carbonyl (C=O) groups excluding carboxylic acids is 2. The molecule has 0 radical (unpaired) electrons. The van der Waals surface area contributed by atoms with Gasteiger partial charge in [0.05, 0.1) is 6.42 Å². The van der Waals surface area contributed by atoms with Gasteiger partial charge in [0.15, 0.2) is 0 Å². The summed E-state index contributed by atoms with van der Waals surface area (Å²) in [6, 6.07) is 27.3. The molecule has 0 aliphatic heterocycles. The van der Waals surface area contributed by atoms with Crippen molar-refractivity contribution in [1.82, 2.24) is 5.32 Å². The fourth-order valence-corrected chi connectivity index (χ4v) is 3.19. The predicted molar refractivity (Wildman–Crippen MR) is 112 cm³/mol. The molecule has 0 spiro atoms. The zero-order valence-corrected chi connectivity index (χ0v) is 16.1. The van der Waals surface area contributed by atoms with Crippen LogP contribution >= 0.6 is 0 Å². The molecule has 1 saturated carbocycles. The lowest BCUT2D eigenvalue weighted by Gasteiger charge is -2.18. The number of nitrogens with one attached hydrogen (secondary N) is 1. The molecule has 1 N–H and O–H groups in total. The molecule has 4 nitrogen and oxygen atoms in total. The standard InChI is InChI=1S/C25H23NO3/c27-23(17-18-11-13-20(14-12-18)19-7-3-1-4-8-19)29-24(21-9-5-2-6-10-21)25(28)26-22-15-16-22/h1-14,22,24H,15-17H2,(H,26,28)/t24-/m1/s1. The highest BCUT2D eigenvalue weighted by atomic mass is 16.5. The van der Waals surface area contributed by atoms with Gasteiger partial charge in [-0.3, -0.25) is 9.59 Å². The maximum Gasteiger partial charge on any atom is 0.311 e. The van der Waals surface area contributed by atoms with Crippen molar-refractivity contribution < 1.29 is 14.3 Å². The van der Waals surface area contributed by atoms with Crippen LogP contribution in [0.3, 0.4) is 0 Å². The lowest BCUT2D eigenvalue weighted by atomic mass is 10.0. The number of rotatable bonds is 7. The minimum Gasteiger partial charge on any atom is -0.447 e. The molecule has 1 amide bonds. The summed E-state index contributed by atoms with van der Waals surface area (Å²) in [4.78, 5) is 25.1. The Hall–Kier alpha value is -3.40. The van der Waals surface area contributed by atoms with Gasteiger partial charge >= 0.3 is 5.97 Å². The number of amides is 1. The van der Waals surface area contributed by atoms with Crippen LogP contribution in [0.1, 0.15) is 30.1 Å². The third kappa shape index (κ3) is 5.11. The quantitative estimate of drug-likeness (QED) is 0.611. The average Bonchev–Trinajstić information content (AvgIpc) is 3.58. The second kappa shape index (κ2) is 8.74. The Labute approximate surface area is 170 Å². The predicted octanol–water partition coefficient (Wildman–Crippen LogP) is 4.46. The SMILES string of the molecule is O=C(Cc1ccc(-c2ccccc2)cc1)O[C@@H](C(=O)NC1CC1)c1ccccc1. The van der Waals surface area contributed by atoms with E-state index in [1.165, 1.54) is 0 Å². The molecule has 4 rings (SSSR count). The Morgan fingerprint density at radius 3 is 2.03 bits per heavy atom. The van der Waals surface area contributed by atoms with Crippen LogP contribution in [-0.4, -0.2) is 17.9 Å². The first-order valence-corrected chi connectivity index (χ1v) is 9.88. The van der Waals surface area contributed by atoms with Gasteiger partial charge in [-0.05, 0) is 29.5 Å². The molecule has 3 aromatic rings. The summed E-state index contributed by atoms with van der Waals surface area (Å²) in [5.41, 5.74) is 3.75. The van der Waals surface area contributed by atoms with E-state index in [0.717, 1.165) is 29.5 Å². The molecule has 0 aromatic heterocycles. The Morgan fingerprint density at radius 1 is 0.828 bits per heavy atom. The minimum atomic E-state index is -0.923. The first-order chi connectivity index (χ1) is 14.2. The van der Waals surface area contributed by atoms with E-state index in [4.69, 9.17) is 4.74 Å². The van der Waals surface area contributed by atoms with Crippen molar-refractivity contribution in [1.29, 1.82) is 0 Å². The molecule has 0 unspecified atom stereocenters. The summed E-state index contributed by atoms with van der Waals surface area (Å²) in [5.74, 6) is -0.677. The van der Waals surface area contributed by atoms with E-state index >= 15 is 0 Å². The van der Waals surface area contributed by atoms with Crippen molar-refractivity contribution in [2.24, 2.45) is 0 Å². The average molecular weight is 385 g/mol. The van der Waals surface area contributed by atoms with Crippen LogP contribution in [-0.2, 0) is 20.7 Å². The number of hydrogen-bond donors (Lipinski definition) is 1. The maximum absolute atomic E-state index is 12.6. The second-order valence-electron chi connectivity index (χ2n) is 7.30. The van der Waals surface area contributed by atoms with Gasteiger partial charge in [-0.25, -0.2) is 0 Å². The van der Waals surface area contributed by atoms with E-state index < -0.39 is 12.1 Å². The van der Waals surface area contributed by atoms with Crippen molar-refractivity contribution in [3.63, 3.8) is 0 Å². The molecule has 1 fully saturated rings. The third-order valence-electron chi connectivity index (χ3n) is 4.92. The Balaban J connectivity index is 1.43.